The Morgan fingerprint density at radius 3 is 2.32 bits per heavy atom. The maximum Gasteiger partial charge on any atom is 0.257 e. The van der Waals surface area contributed by atoms with Crippen LogP contribution in [0.2, 0.25) is 0 Å². The molecule has 25 heavy (non-hydrogen) atoms. The van der Waals surface area contributed by atoms with Gasteiger partial charge in [-0.15, -0.1) is 0 Å². The Balaban J connectivity index is 1.51. The van der Waals surface area contributed by atoms with Crippen molar-refractivity contribution in [3.63, 3.8) is 0 Å². The second-order valence-corrected chi connectivity index (χ2v) is 7.54. The van der Waals surface area contributed by atoms with Crippen LogP contribution in [0.15, 0.2) is 42.7 Å². The third kappa shape index (κ3) is 3.48. The van der Waals surface area contributed by atoms with Gasteiger partial charge in [0, 0.05) is 18.3 Å². The van der Waals surface area contributed by atoms with Gasteiger partial charge in [-0.3, -0.25) is 4.79 Å². The zero-order chi connectivity index (χ0) is 17.2. The van der Waals surface area contributed by atoms with Gasteiger partial charge in [0.2, 0.25) is 0 Å². The van der Waals surface area contributed by atoms with Gasteiger partial charge in [0.05, 0.1) is 17.4 Å². The van der Waals surface area contributed by atoms with E-state index in [2.05, 4.69) is 16.9 Å². The summed E-state index contributed by atoms with van der Waals surface area (Å²) in [5.41, 5.74) is 1.70. The molecule has 2 aliphatic rings. The van der Waals surface area contributed by atoms with Crippen molar-refractivity contribution in [3.05, 3.63) is 48.3 Å². The van der Waals surface area contributed by atoms with E-state index >= 15 is 0 Å². The van der Waals surface area contributed by atoms with Crippen molar-refractivity contribution in [2.24, 2.45) is 5.92 Å². The number of carbonyl (C=O) groups excluding carboxylic acids is 1. The van der Waals surface area contributed by atoms with Crippen LogP contribution in [0.5, 0.6) is 0 Å². The van der Waals surface area contributed by atoms with Crippen LogP contribution < -0.4 is 0 Å². The lowest BCUT2D eigenvalue weighted by Crippen LogP contribution is -2.43. The molecule has 1 heterocycles. The minimum absolute atomic E-state index is 0.171. The number of hydrogen-bond acceptors (Lipinski definition) is 2. The molecule has 0 aliphatic heterocycles. The van der Waals surface area contributed by atoms with Crippen LogP contribution in [0, 0.1) is 5.92 Å². The largest absolute Gasteiger partial charge is 0.333 e. The SMILES string of the molecule is CCC1CCC(N(C(=O)c2cnn(-c3ccccc3)c2)C2CC2)CC1. The molecule has 1 aromatic heterocycles. The van der Waals surface area contributed by atoms with Gasteiger partial charge in [0.15, 0.2) is 0 Å². The quantitative estimate of drug-likeness (QED) is 0.808. The Kier molecular flexibility index (Phi) is 4.60. The van der Waals surface area contributed by atoms with E-state index in [1.54, 1.807) is 10.9 Å². The molecular formula is C21H27N3O. The van der Waals surface area contributed by atoms with Gasteiger partial charge in [0.1, 0.15) is 0 Å². The molecular weight excluding hydrogens is 310 g/mol. The number of benzene rings is 1. The number of carbonyl (C=O) groups is 1. The molecule has 4 heteroatoms. The molecule has 2 aromatic rings. The molecule has 4 rings (SSSR count). The van der Waals surface area contributed by atoms with Crippen molar-refractivity contribution in [2.45, 2.75) is 64.0 Å². The Hall–Kier alpha value is -2.10. The first-order valence-electron chi connectivity index (χ1n) is 9.69. The fourth-order valence-corrected chi connectivity index (χ4v) is 4.12. The van der Waals surface area contributed by atoms with Crippen LogP contribution in [0.3, 0.4) is 0 Å². The second kappa shape index (κ2) is 7.03. The molecule has 1 aromatic carbocycles. The molecule has 0 spiro atoms. The Morgan fingerprint density at radius 2 is 1.72 bits per heavy atom. The summed E-state index contributed by atoms with van der Waals surface area (Å²) >= 11 is 0. The van der Waals surface area contributed by atoms with E-state index in [9.17, 15) is 4.79 Å². The van der Waals surface area contributed by atoms with Crippen molar-refractivity contribution in [1.29, 1.82) is 0 Å². The van der Waals surface area contributed by atoms with Gasteiger partial charge >= 0.3 is 0 Å². The lowest BCUT2D eigenvalue weighted by atomic mass is 9.83. The number of para-hydroxylation sites is 1. The summed E-state index contributed by atoms with van der Waals surface area (Å²) in [5.74, 6) is 1.03. The minimum Gasteiger partial charge on any atom is -0.333 e. The van der Waals surface area contributed by atoms with Gasteiger partial charge in [-0.2, -0.15) is 5.10 Å². The molecule has 0 bridgehead atoms. The number of hydrogen-bond donors (Lipinski definition) is 0. The van der Waals surface area contributed by atoms with E-state index in [4.69, 9.17) is 0 Å². The highest BCUT2D eigenvalue weighted by molar-refractivity contribution is 5.94. The number of rotatable bonds is 5. The maximum absolute atomic E-state index is 13.2. The lowest BCUT2D eigenvalue weighted by Gasteiger charge is -2.37. The average molecular weight is 337 g/mol. The third-order valence-electron chi connectivity index (χ3n) is 5.81. The van der Waals surface area contributed by atoms with E-state index < -0.39 is 0 Å². The monoisotopic (exact) mass is 337 g/mol. The molecule has 2 fully saturated rings. The average Bonchev–Trinajstić information content (AvgIpc) is 3.37. The fraction of sp³-hybridized carbons (Fsp3) is 0.524. The highest BCUT2D eigenvalue weighted by atomic mass is 16.2. The predicted molar refractivity (Wildman–Crippen MR) is 98.8 cm³/mol. The summed E-state index contributed by atoms with van der Waals surface area (Å²) in [5, 5.41) is 4.41. The van der Waals surface area contributed by atoms with E-state index in [0.29, 0.717) is 17.6 Å². The predicted octanol–water partition coefficient (Wildman–Crippen LogP) is 4.45. The number of aromatic nitrogens is 2. The van der Waals surface area contributed by atoms with Gasteiger partial charge in [-0.1, -0.05) is 31.5 Å². The van der Waals surface area contributed by atoms with Crippen molar-refractivity contribution < 1.29 is 4.79 Å². The summed E-state index contributed by atoms with van der Waals surface area (Å²) in [6, 6.07) is 10.8. The summed E-state index contributed by atoms with van der Waals surface area (Å²) in [4.78, 5) is 15.4. The van der Waals surface area contributed by atoms with E-state index in [-0.39, 0.29) is 5.91 Å². The molecule has 0 N–H and O–H groups in total. The molecule has 4 nitrogen and oxygen atoms in total. The molecule has 0 atom stereocenters. The summed E-state index contributed by atoms with van der Waals surface area (Å²) < 4.78 is 1.80. The zero-order valence-corrected chi connectivity index (χ0v) is 15.0. The first kappa shape index (κ1) is 16.4. The molecule has 0 saturated heterocycles. The molecule has 0 radical (unpaired) electrons. The van der Waals surface area contributed by atoms with Crippen LogP contribution in [0.25, 0.3) is 5.69 Å². The summed E-state index contributed by atoms with van der Waals surface area (Å²) in [7, 11) is 0. The Bertz CT molecular complexity index is 712. The molecule has 2 aliphatic carbocycles. The Morgan fingerprint density at radius 1 is 1.08 bits per heavy atom. The lowest BCUT2D eigenvalue weighted by molar-refractivity contribution is 0.0587. The van der Waals surface area contributed by atoms with Crippen molar-refractivity contribution in [3.8, 4) is 5.69 Å². The molecule has 2 saturated carbocycles. The van der Waals surface area contributed by atoms with Gasteiger partial charge in [0.25, 0.3) is 5.91 Å². The van der Waals surface area contributed by atoms with Crippen molar-refractivity contribution in [1.82, 2.24) is 14.7 Å². The molecule has 132 valence electrons. The topological polar surface area (TPSA) is 38.1 Å². The third-order valence-corrected chi connectivity index (χ3v) is 5.81. The van der Waals surface area contributed by atoms with Crippen LogP contribution in [0.1, 0.15) is 62.2 Å². The normalized spacial score (nSPS) is 23.4. The first-order valence-corrected chi connectivity index (χ1v) is 9.69. The minimum atomic E-state index is 0.171. The highest BCUT2D eigenvalue weighted by Gasteiger charge is 2.39. The van der Waals surface area contributed by atoms with Crippen molar-refractivity contribution in [2.75, 3.05) is 0 Å². The molecule has 0 unspecified atom stereocenters. The van der Waals surface area contributed by atoms with Crippen molar-refractivity contribution >= 4 is 5.91 Å². The summed E-state index contributed by atoms with van der Waals surface area (Å²) in [6.45, 7) is 2.28. The van der Waals surface area contributed by atoms with Gasteiger partial charge in [-0.25, -0.2) is 4.68 Å². The first-order chi connectivity index (χ1) is 12.3. The molecule has 1 amide bonds. The maximum atomic E-state index is 13.2. The van der Waals surface area contributed by atoms with Crippen LogP contribution in [0.4, 0.5) is 0 Å². The van der Waals surface area contributed by atoms with E-state index in [1.807, 2.05) is 36.5 Å². The fourth-order valence-electron chi connectivity index (χ4n) is 4.12. The van der Waals surface area contributed by atoms with Crippen LogP contribution in [-0.2, 0) is 0 Å². The number of nitrogens with zero attached hydrogens (tertiary/aromatic N) is 3. The Labute approximate surface area is 149 Å². The van der Waals surface area contributed by atoms with E-state index in [1.165, 1.54) is 19.3 Å². The zero-order valence-electron chi connectivity index (χ0n) is 15.0. The highest BCUT2D eigenvalue weighted by Crippen LogP contribution is 2.37. The summed E-state index contributed by atoms with van der Waals surface area (Å²) in [6.07, 6.45) is 12.0. The van der Waals surface area contributed by atoms with Gasteiger partial charge in [-0.05, 0) is 56.6 Å². The van der Waals surface area contributed by atoms with Gasteiger partial charge < -0.3 is 4.90 Å². The van der Waals surface area contributed by atoms with Crippen LogP contribution in [-0.4, -0.2) is 32.7 Å². The van der Waals surface area contributed by atoms with E-state index in [0.717, 1.165) is 37.3 Å². The number of amides is 1. The van der Waals surface area contributed by atoms with Crippen LogP contribution >= 0.6 is 0 Å². The second-order valence-electron chi connectivity index (χ2n) is 7.54. The smallest absolute Gasteiger partial charge is 0.257 e. The standard InChI is InChI=1S/C21H27N3O/c1-2-16-8-10-19(11-9-16)24(20-12-13-20)21(25)17-14-22-23(15-17)18-6-4-3-5-7-18/h3-7,14-16,19-20H,2,8-13H2,1H3.